The van der Waals surface area contributed by atoms with Gasteiger partial charge in [-0.3, -0.25) is 9.69 Å². The fraction of sp³-hybridized carbons (Fsp3) is 0.611. The molecular weight excluding hydrogens is 292 g/mol. The Balaban J connectivity index is 2.59. The van der Waals surface area contributed by atoms with Crippen molar-refractivity contribution in [1.82, 2.24) is 10.2 Å². The first-order valence-electron chi connectivity index (χ1n) is 8.32. The fourth-order valence-electron chi connectivity index (χ4n) is 2.39. The third-order valence-electron chi connectivity index (χ3n) is 3.76. The number of benzene rings is 1. The van der Waals surface area contributed by atoms with Crippen molar-refractivity contribution < 1.29 is 14.3 Å². The molecule has 0 aliphatic heterocycles. The molecule has 1 rings (SSSR count). The highest BCUT2D eigenvalue weighted by molar-refractivity contribution is 5.94. The van der Waals surface area contributed by atoms with Gasteiger partial charge in [-0.1, -0.05) is 6.92 Å². The van der Waals surface area contributed by atoms with Crippen LogP contribution in [0.5, 0.6) is 5.75 Å². The first-order valence-corrected chi connectivity index (χ1v) is 8.32. The van der Waals surface area contributed by atoms with Gasteiger partial charge >= 0.3 is 0 Å². The Labute approximate surface area is 140 Å². The minimum atomic E-state index is -0.0979. The normalized spacial score (nSPS) is 12.5. The number of rotatable bonds is 10. The lowest BCUT2D eigenvalue weighted by molar-refractivity contribution is -0.000530. The van der Waals surface area contributed by atoms with Crippen LogP contribution in [0.3, 0.4) is 0 Å². The standard InChI is InChI=1S/C18H30N2O3/c1-6-20(14(3)4)12-17(22-7-2)13-23-16-10-8-15(9-11-16)18(21)19-5/h8-11,14,17H,6-7,12-13H2,1-5H3,(H,19,21)/t17-/m0/s1. The van der Waals surface area contributed by atoms with E-state index in [0.29, 0.717) is 24.8 Å². The van der Waals surface area contributed by atoms with Crippen molar-refractivity contribution in [1.29, 1.82) is 0 Å². The predicted octanol–water partition coefficient (Wildman–Crippen LogP) is 2.56. The second-order valence-corrected chi connectivity index (χ2v) is 5.67. The van der Waals surface area contributed by atoms with Crippen LogP contribution in [-0.4, -0.2) is 56.3 Å². The summed E-state index contributed by atoms with van der Waals surface area (Å²) in [5.41, 5.74) is 0.623. The molecule has 0 spiro atoms. The van der Waals surface area contributed by atoms with Crippen LogP contribution < -0.4 is 10.1 Å². The first-order chi connectivity index (χ1) is 11.0. The van der Waals surface area contributed by atoms with E-state index in [-0.39, 0.29) is 12.0 Å². The molecule has 0 saturated heterocycles. The number of hydrogen-bond donors (Lipinski definition) is 1. The highest BCUT2D eigenvalue weighted by atomic mass is 16.5. The molecule has 23 heavy (non-hydrogen) atoms. The third kappa shape index (κ3) is 6.59. The third-order valence-corrected chi connectivity index (χ3v) is 3.76. The van der Waals surface area contributed by atoms with E-state index >= 15 is 0 Å². The molecule has 0 saturated carbocycles. The van der Waals surface area contributed by atoms with Crippen molar-refractivity contribution in [3.8, 4) is 5.75 Å². The molecule has 5 nitrogen and oxygen atoms in total. The Morgan fingerprint density at radius 2 is 1.87 bits per heavy atom. The zero-order valence-corrected chi connectivity index (χ0v) is 15.0. The number of amides is 1. The summed E-state index contributed by atoms with van der Waals surface area (Å²) >= 11 is 0. The van der Waals surface area contributed by atoms with Crippen LogP contribution in [0, 0.1) is 0 Å². The van der Waals surface area contributed by atoms with Gasteiger partial charge in [-0.25, -0.2) is 0 Å². The van der Waals surface area contributed by atoms with E-state index in [9.17, 15) is 4.79 Å². The van der Waals surface area contributed by atoms with Crippen molar-refractivity contribution in [2.75, 3.05) is 33.4 Å². The average Bonchev–Trinajstić information content (AvgIpc) is 2.56. The van der Waals surface area contributed by atoms with Crippen LogP contribution >= 0.6 is 0 Å². The molecule has 0 aliphatic carbocycles. The predicted molar refractivity (Wildman–Crippen MR) is 93.1 cm³/mol. The minimum absolute atomic E-state index is 0.0287. The van der Waals surface area contributed by atoms with Gasteiger partial charge in [-0.05, 0) is 51.6 Å². The maximum absolute atomic E-state index is 11.5. The Morgan fingerprint density at radius 1 is 1.22 bits per heavy atom. The lowest BCUT2D eigenvalue weighted by atomic mass is 10.2. The van der Waals surface area contributed by atoms with Gasteiger partial charge in [0.15, 0.2) is 0 Å². The Kier molecular flexibility index (Phi) is 8.66. The van der Waals surface area contributed by atoms with E-state index in [1.165, 1.54) is 0 Å². The molecule has 0 radical (unpaired) electrons. The number of carbonyl (C=O) groups excluding carboxylic acids is 1. The smallest absolute Gasteiger partial charge is 0.251 e. The van der Waals surface area contributed by atoms with Crippen molar-refractivity contribution in [2.45, 2.75) is 39.8 Å². The maximum Gasteiger partial charge on any atom is 0.251 e. The van der Waals surface area contributed by atoms with E-state index in [1.807, 2.05) is 19.1 Å². The lowest BCUT2D eigenvalue weighted by Crippen LogP contribution is -2.41. The van der Waals surface area contributed by atoms with Gasteiger partial charge in [0.25, 0.3) is 5.91 Å². The molecule has 0 bridgehead atoms. The SMILES string of the molecule is CCO[C@H](COc1ccc(C(=O)NC)cc1)CN(CC)C(C)C. The van der Waals surface area contributed by atoms with Crippen LogP contribution in [0.4, 0.5) is 0 Å². The number of carbonyl (C=O) groups is 1. The van der Waals surface area contributed by atoms with Gasteiger partial charge in [0.05, 0.1) is 0 Å². The molecule has 0 aliphatic rings. The summed E-state index contributed by atoms with van der Waals surface area (Å²) in [6.07, 6.45) is 0.0287. The number of hydrogen-bond acceptors (Lipinski definition) is 4. The van der Waals surface area contributed by atoms with Gasteiger partial charge < -0.3 is 14.8 Å². The topological polar surface area (TPSA) is 50.8 Å². The number of ether oxygens (including phenoxy) is 2. The molecule has 130 valence electrons. The van der Waals surface area contributed by atoms with Crippen LogP contribution in [-0.2, 0) is 4.74 Å². The van der Waals surface area contributed by atoms with Gasteiger partial charge in [-0.15, -0.1) is 0 Å². The van der Waals surface area contributed by atoms with Gasteiger partial charge in [0, 0.05) is 31.8 Å². The molecule has 1 atom stereocenters. The largest absolute Gasteiger partial charge is 0.491 e. The average molecular weight is 322 g/mol. The summed E-state index contributed by atoms with van der Waals surface area (Å²) in [7, 11) is 1.62. The van der Waals surface area contributed by atoms with Gasteiger partial charge in [0.2, 0.25) is 0 Å². The maximum atomic E-state index is 11.5. The van der Waals surface area contributed by atoms with Crippen LogP contribution in [0.15, 0.2) is 24.3 Å². The number of nitrogens with one attached hydrogen (secondary N) is 1. The zero-order valence-electron chi connectivity index (χ0n) is 15.0. The summed E-state index contributed by atoms with van der Waals surface area (Å²) in [6.45, 7) is 11.5. The Morgan fingerprint density at radius 3 is 2.35 bits per heavy atom. The Bertz CT molecular complexity index is 460. The molecule has 1 N–H and O–H groups in total. The van der Waals surface area contributed by atoms with E-state index in [1.54, 1.807) is 19.2 Å². The van der Waals surface area contributed by atoms with E-state index in [4.69, 9.17) is 9.47 Å². The first kappa shape index (κ1) is 19.5. The molecule has 0 unspecified atom stereocenters. The highest BCUT2D eigenvalue weighted by Gasteiger charge is 2.16. The van der Waals surface area contributed by atoms with Crippen molar-refractivity contribution >= 4 is 5.91 Å². The minimum Gasteiger partial charge on any atom is -0.491 e. The second kappa shape index (κ2) is 10.2. The molecular formula is C18H30N2O3. The molecule has 1 aromatic carbocycles. The van der Waals surface area contributed by atoms with Crippen LogP contribution in [0.25, 0.3) is 0 Å². The van der Waals surface area contributed by atoms with Gasteiger partial charge in [0.1, 0.15) is 18.5 Å². The van der Waals surface area contributed by atoms with Gasteiger partial charge in [-0.2, -0.15) is 0 Å². The van der Waals surface area contributed by atoms with Crippen LogP contribution in [0.1, 0.15) is 38.1 Å². The number of nitrogens with zero attached hydrogens (tertiary/aromatic N) is 1. The molecule has 0 heterocycles. The molecule has 0 aromatic heterocycles. The van der Waals surface area contributed by atoms with Crippen molar-refractivity contribution in [2.24, 2.45) is 0 Å². The summed E-state index contributed by atoms with van der Waals surface area (Å²) < 4.78 is 11.6. The van der Waals surface area contributed by atoms with E-state index < -0.39 is 0 Å². The monoisotopic (exact) mass is 322 g/mol. The second-order valence-electron chi connectivity index (χ2n) is 5.67. The fourth-order valence-corrected chi connectivity index (χ4v) is 2.39. The van der Waals surface area contributed by atoms with Crippen molar-refractivity contribution in [3.63, 3.8) is 0 Å². The Hall–Kier alpha value is -1.59. The molecule has 1 aromatic rings. The molecule has 5 heteroatoms. The lowest BCUT2D eigenvalue weighted by Gasteiger charge is -2.29. The van der Waals surface area contributed by atoms with Crippen molar-refractivity contribution in [3.05, 3.63) is 29.8 Å². The zero-order chi connectivity index (χ0) is 17.2. The van der Waals surface area contributed by atoms with E-state index in [2.05, 4.69) is 31.0 Å². The quantitative estimate of drug-likeness (QED) is 0.719. The summed E-state index contributed by atoms with van der Waals surface area (Å²) in [5, 5.41) is 2.60. The molecule has 1 amide bonds. The number of likely N-dealkylation sites (N-methyl/N-ethyl adjacent to an activating group) is 1. The molecule has 0 fully saturated rings. The summed E-state index contributed by atoms with van der Waals surface area (Å²) in [4.78, 5) is 13.9. The summed E-state index contributed by atoms with van der Waals surface area (Å²) in [6, 6.07) is 7.63. The van der Waals surface area contributed by atoms with Crippen LogP contribution in [0.2, 0.25) is 0 Å². The van der Waals surface area contributed by atoms with E-state index in [0.717, 1.165) is 18.8 Å². The summed E-state index contributed by atoms with van der Waals surface area (Å²) in [5.74, 6) is 0.647. The highest BCUT2D eigenvalue weighted by Crippen LogP contribution is 2.13.